The van der Waals surface area contributed by atoms with Crippen LogP contribution in [0, 0.1) is 5.82 Å². The largest absolute Gasteiger partial charge is 0.379 e. The number of likely N-dealkylation sites (tertiary alicyclic amines) is 1. The summed E-state index contributed by atoms with van der Waals surface area (Å²) < 4.78 is 13.7. The van der Waals surface area contributed by atoms with Crippen LogP contribution in [-0.2, 0) is 11.3 Å². The smallest absolute Gasteiger partial charge is 0.253 e. The van der Waals surface area contributed by atoms with E-state index in [4.69, 9.17) is 0 Å². The molecule has 1 aromatic carbocycles. The van der Waals surface area contributed by atoms with Crippen molar-refractivity contribution >= 4 is 17.7 Å². The second kappa shape index (κ2) is 7.20. The maximum absolute atomic E-state index is 13.7. The van der Waals surface area contributed by atoms with Crippen molar-refractivity contribution in [3.05, 3.63) is 35.6 Å². The van der Waals surface area contributed by atoms with Gasteiger partial charge < -0.3 is 10.4 Å². The summed E-state index contributed by atoms with van der Waals surface area (Å²) in [7, 11) is 0. The van der Waals surface area contributed by atoms with Gasteiger partial charge in [0, 0.05) is 37.0 Å². The number of carbonyl (C=O) groups is 1. The topological polar surface area (TPSA) is 52.6 Å². The van der Waals surface area contributed by atoms with E-state index in [-0.39, 0.29) is 17.8 Å². The third kappa shape index (κ3) is 4.05. The molecule has 2 aliphatic rings. The summed E-state index contributed by atoms with van der Waals surface area (Å²) in [5, 5.41) is 13.3. The molecular formula is C17H23FN2O2S. The van der Waals surface area contributed by atoms with Gasteiger partial charge in [0.15, 0.2) is 5.60 Å². The van der Waals surface area contributed by atoms with Gasteiger partial charge in [-0.2, -0.15) is 11.8 Å². The molecule has 0 radical (unpaired) electrons. The van der Waals surface area contributed by atoms with Crippen molar-refractivity contribution in [1.82, 2.24) is 10.2 Å². The molecule has 0 spiro atoms. The molecule has 1 amide bonds. The Morgan fingerprint density at radius 3 is 2.78 bits per heavy atom. The molecule has 6 heteroatoms. The lowest BCUT2D eigenvalue weighted by Crippen LogP contribution is -2.53. The Balaban J connectivity index is 1.47. The molecule has 0 aromatic heterocycles. The predicted octanol–water partition coefficient (Wildman–Crippen LogP) is 1.77. The van der Waals surface area contributed by atoms with Gasteiger partial charge in [0.25, 0.3) is 5.91 Å². The number of hydrogen-bond acceptors (Lipinski definition) is 4. The van der Waals surface area contributed by atoms with Crippen molar-refractivity contribution < 1.29 is 14.3 Å². The van der Waals surface area contributed by atoms with E-state index in [0.29, 0.717) is 24.3 Å². The van der Waals surface area contributed by atoms with E-state index in [1.807, 2.05) is 12.1 Å². The van der Waals surface area contributed by atoms with E-state index in [9.17, 15) is 14.3 Å². The summed E-state index contributed by atoms with van der Waals surface area (Å²) in [5.74, 6) is 0.939. The maximum atomic E-state index is 13.7. The zero-order valence-electron chi connectivity index (χ0n) is 13.1. The Labute approximate surface area is 140 Å². The van der Waals surface area contributed by atoms with Gasteiger partial charge in [-0.25, -0.2) is 4.39 Å². The molecule has 3 rings (SSSR count). The van der Waals surface area contributed by atoms with Crippen LogP contribution in [0.25, 0.3) is 0 Å². The monoisotopic (exact) mass is 338 g/mol. The Bertz CT molecular complexity index is 555. The van der Waals surface area contributed by atoms with Crippen LogP contribution in [0.3, 0.4) is 0 Å². The van der Waals surface area contributed by atoms with Crippen LogP contribution < -0.4 is 5.32 Å². The van der Waals surface area contributed by atoms with Crippen LogP contribution in [0.5, 0.6) is 0 Å². The third-order valence-corrected chi connectivity index (χ3v) is 5.87. The van der Waals surface area contributed by atoms with Gasteiger partial charge >= 0.3 is 0 Å². The summed E-state index contributed by atoms with van der Waals surface area (Å²) in [5.41, 5.74) is -0.470. The summed E-state index contributed by atoms with van der Waals surface area (Å²) in [6.45, 7) is 2.26. The highest BCUT2D eigenvalue weighted by Gasteiger charge is 2.40. The van der Waals surface area contributed by atoms with Crippen LogP contribution in [0.15, 0.2) is 24.3 Å². The average molecular weight is 338 g/mol. The number of benzene rings is 1. The van der Waals surface area contributed by atoms with Crippen LogP contribution in [0.2, 0.25) is 0 Å². The fraction of sp³-hybridized carbons (Fsp3) is 0.588. The zero-order chi connectivity index (χ0) is 16.3. The van der Waals surface area contributed by atoms with E-state index >= 15 is 0 Å². The quantitative estimate of drug-likeness (QED) is 0.879. The molecule has 126 valence electrons. The van der Waals surface area contributed by atoms with E-state index in [1.54, 1.807) is 17.8 Å². The molecule has 2 saturated heterocycles. The minimum Gasteiger partial charge on any atom is -0.379 e. The van der Waals surface area contributed by atoms with Crippen LogP contribution in [-0.4, -0.2) is 52.2 Å². The first kappa shape index (κ1) is 16.7. The van der Waals surface area contributed by atoms with Gasteiger partial charge in [0.2, 0.25) is 0 Å². The Kier molecular flexibility index (Phi) is 5.24. The molecule has 0 saturated carbocycles. The lowest BCUT2D eigenvalue weighted by Gasteiger charge is -2.33. The molecule has 2 N–H and O–H groups in total. The number of hydrogen-bond donors (Lipinski definition) is 2. The number of rotatable bonds is 4. The molecule has 2 heterocycles. The van der Waals surface area contributed by atoms with Gasteiger partial charge in [0.1, 0.15) is 5.82 Å². The molecule has 1 aromatic rings. The molecule has 0 aliphatic carbocycles. The number of aliphatic hydroxyl groups is 1. The molecule has 4 nitrogen and oxygen atoms in total. The molecule has 0 bridgehead atoms. The second-order valence-electron chi connectivity index (χ2n) is 6.45. The zero-order valence-corrected chi connectivity index (χ0v) is 13.9. The number of carbonyl (C=O) groups excluding carboxylic acids is 1. The molecular weight excluding hydrogens is 315 g/mol. The van der Waals surface area contributed by atoms with Gasteiger partial charge in [-0.15, -0.1) is 0 Å². The molecule has 23 heavy (non-hydrogen) atoms. The van der Waals surface area contributed by atoms with E-state index in [1.165, 1.54) is 6.07 Å². The maximum Gasteiger partial charge on any atom is 0.253 e. The highest BCUT2D eigenvalue weighted by molar-refractivity contribution is 7.99. The summed E-state index contributed by atoms with van der Waals surface area (Å²) in [4.78, 5) is 14.4. The SMILES string of the molecule is O=C(NC1CCN(Cc2ccccc2F)CC1)[C@]1(O)CCSC1. The Morgan fingerprint density at radius 2 is 2.13 bits per heavy atom. The number of thioether (sulfide) groups is 1. The minimum atomic E-state index is -1.19. The lowest BCUT2D eigenvalue weighted by atomic mass is 9.99. The van der Waals surface area contributed by atoms with Crippen LogP contribution in [0.1, 0.15) is 24.8 Å². The van der Waals surface area contributed by atoms with Gasteiger partial charge in [-0.1, -0.05) is 18.2 Å². The fourth-order valence-electron chi connectivity index (χ4n) is 3.16. The first-order chi connectivity index (χ1) is 11.1. The first-order valence-electron chi connectivity index (χ1n) is 8.14. The molecule has 2 aliphatic heterocycles. The van der Waals surface area contributed by atoms with Crippen molar-refractivity contribution in [1.29, 1.82) is 0 Å². The Morgan fingerprint density at radius 1 is 1.39 bits per heavy atom. The first-order valence-corrected chi connectivity index (χ1v) is 9.29. The number of halogens is 1. The highest BCUT2D eigenvalue weighted by Crippen LogP contribution is 2.28. The van der Waals surface area contributed by atoms with Crippen molar-refractivity contribution in [2.24, 2.45) is 0 Å². The average Bonchev–Trinajstić information content (AvgIpc) is 3.00. The van der Waals surface area contributed by atoms with Crippen molar-refractivity contribution in [3.8, 4) is 0 Å². The van der Waals surface area contributed by atoms with Gasteiger partial charge in [0.05, 0.1) is 0 Å². The predicted molar refractivity (Wildman–Crippen MR) is 89.7 cm³/mol. The van der Waals surface area contributed by atoms with E-state index in [0.717, 1.165) is 31.7 Å². The number of nitrogens with zero attached hydrogens (tertiary/aromatic N) is 1. The van der Waals surface area contributed by atoms with Crippen molar-refractivity contribution in [3.63, 3.8) is 0 Å². The molecule has 1 atom stereocenters. The van der Waals surface area contributed by atoms with Crippen molar-refractivity contribution in [2.45, 2.75) is 37.5 Å². The molecule has 0 unspecified atom stereocenters. The normalized spacial score (nSPS) is 26.3. The van der Waals surface area contributed by atoms with Crippen LogP contribution >= 0.6 is 11.8 Å². The standard InChI is InChI=1S/C17H23FN2O2S/c18-15-4-2-1-3-13(15)11-20-8-5-14(6-9-20)19-16(21)17(22)7-10-23-12-17/h1-4,14,22H,5-12H2,(H,19,21)/t17-/m0/s1. The number of piperidine rings is 1. The highest BCUT2D eigenvalue weighted by atomic mass is 32.2. The number of amides is 1. The summed E-state index contributed by atoms with van der Waals surface area (Å²) in [6, 6.07) is 6.96. The van der Waals surface area contributed by atoms with E-state index in [2.05, 4.69) is 10.2 Å². The van der Waals surface area contributed by atoms with E-state index < -0.39 is 5.60 Å². The lowest BCUT2D eigenvalue weighted by molar-refractivity contribution is -0.138. The van der Waals surface area contributed by atoms with Gasteiger partial charge in [-0.05, 0) is 31.1 Å². The van der Waals surface area contributed by atoms with Gasteiger partial charge in [-0.3, -0.25) is 9.69 Å². The summed E-state index contributed by atoms with van der Waals surface area (Å²) >= 11 is 1.62. The minimum absolute atomic E-state index is 0.106. The van der Waals surface area contributed by atoms with Crippen LogP contribution in [0.4, 0.5) is 4.39 Å². The molecule has 2 fully saturated rings. The number of nitrogens with one attached hydrogen (secondary N) is 1. The Hall–Kier alpha value is -1.11. The third-order valence-electron chi connectivity index (χ3n) is 4.70. The second-order valence-corrected chi connectivity index (χ2v) is 7.55. The fourth-order valence-corrected chi connectivity index (χ4v) is 4.40. The van der Waals surface area contributed by atoms with Crippen molar-refractivity contribution in [2.75, 3.05) is 24.6 Å². The summed E-state index contributed by atoms with van der Waals surface area (Å²) in [6.07, 6.45) is 2.21.